The van der Waals surface area contributed by atoms with Crippen molar-refractivity contribution in [2.24, 2.45) is 0 Å². The van der Waals surface area contributed by atoms with E-state index in [0.717, 1.165) is 44.9 Å². The predicted molar refractivity (Wildman–Crippen MR) is 332 cm³/mol. The Hall–Kier alpha value is -1.59. The molecule has 9 nitrogen and oxygen atoms in total. The molecular formula is C69H131NO8. The smallest absolute Gasteiger partial charge is 0.220 e. The Bertz CT molecular complexity index is 1320. The first-order valence-corrected chi connectivity index (χ1v) is 34.2. The third-order valence-electron chi connectivity index (χ3n) is 16.5. The van der Waals surface area contributed by atoms with Gasteiger partial charge in [-0.25, -0.2) is 0 Å². The van der Waals surface area contributed by atoms with Crippen molar-refractivity contribution in [2.45, 2.75) is 384 Å². The van der Waals surface area contributed by atoms with Gasteiger partial charge in [0.05, 0.1) is 25.4 Å². The molecule has 0 aromatic carbocycles. The minimum atomic E-state index is -1.57. The number of ether oxygens (including phenoxy) is 2. The van der Waals surface area contributed by atoms with Gasteiger partial charge in [-0.05, 0) is 51.4 Å². The number of nitrogens with one attached hydrogen (secondary N) is 1. The summed E-state index contributed by atoms with van der Waals surface area (Å²) in [6.45, 7) is 3.83. The number of carbonyl (C=O) groups is 1. The summed E-state index contributed by atoms with van der Waals surface area (Å²) < 4.78 is 11.3. The summed E-state index contributed by atoms with van der Waals surface area (Å²) in [6, 6.07) is -0.805. The lowest BCUT2D eigenvalue weighted by molar-refractivity contribution is -0.302. The molecule has 1 aliphatic rings. The van der Waals surface area contributed by atoms with E-state index >= 15 is 0 Å². The Kier molecular flexibility index (Phi) is 55.9. The quantitative estimate of drug-likeness (QED) is 0.0261. The number of hydrogen-bond acceptors (Lipinski definition) is 8. The molecule has 0 saturated carbocycles. The average Bonchev–Trinajstić information content (AvgIpc) is 3.45. The summed E-state index contributed by atoms with van der Waals surface area (Å²) in [7, 11) is 0. The van der Waals surface area contributed by atoms with Gasteiger partial charge < -0.3 is 40.3 Å². The molecule has 1 heterocycles. The van der Waals surface area contributed by atoms with Gasteiger partial charge in [-0.3, -0.25) is 4.79 Å². The van der Waals surface area contributed by atoms with Crippen LogP contribution in [0.25, 0.3) is 0 Å². The summed E-state index contributed by atoms with van der Waals surface area (Å²) in [6.07, 6.45) is 71.0. The third kappa shape index (κ3) is 47.0. The maximum absolute atomic E-state index is 13.1. The van der Waals surface area contributed by atoms with E-state index in [0.29, 0.717) is 6.42 Å². The van der Waals surface area contributed by atoms with Crippen molar-refractivity contribution >= 4 is 5.91 Å². The molecule has 0 spiro atoms. The van der Waals surface area contributed by atoms with Gasteiger partial charge in [-0.15, -0.1) is 0 Å². The summed E-state index contributed by atoms with van der Waals surface area (Å²) >= 11 is 0. The van der Waals surface area contributed by atoms with Crippen molar-refractivity contribution in [3.05, 3.63) is 36.5 Å². The second-order valence-corrected chi connectivity index (χ2v) is 24.0. The number of carbonyl (C=O) groups excluding carboxylic acids is 1. The molecule has 78 heavy (non-hydrogen) atoms. The molecule has 1 rings (SSSR count). The molecule has 9 heteroatoms. The maximum atomic E-state index is 13.1. The largest absolute Gasteiger partial charge is 0.394 e. The zero-order valence-electron chi connectivity index (χ0n) is 51.4. The Morgan fingerprint density at radius 2 is 0.756 bits per heavy atom. The van der Waals surface area contributed by atoms with Gasteiger partial charge in [0.1, 0.15) is 24.4 Å². The molecule has 7 unspecified atom stereocenters. The highest BCUT2D eigenvalue weighted by atomic mass is 16.7. The Morgan fingerprint density at radius 3 is 1.10 bits per heavy atom. The van der Waals surface area contributed by atoms with Crippen molar-refractivity contribution in [1.29, 1.82) is 0 Å². The number of allylic oxidation sites excluding steroid dienone is 5. The highest BCUT2D eigenvalue weighted by Gasteiger charge is 2.44. The van der Waals surface area contributed by atoms with Crippen LogP contribution in [0.15, 0.2) is 36.5 Å². The van der Waals surface area contributed by atoms with Crippen molar-refractivity contribution < 1.29 is 39.8 Å². The zero-order valence-corrected chi connectivity index (χ0v) is 51.4. The van der Waals surface area contributed by atoms with E-state index < -0.39 is 49.5 Å². The summed E-state index contributed by atoms with van der Waals surface area (Å²) in [4.78, 5) is 13.1. The topological polar surface area (TPSA) is 149 Å². The maximum Gasteiger partial charge on any atom is 0.220 e. The Labute approximate surface area is 482 Å². The predicted octanol–water partition coefficient (Wildman–Crippen LogP) is 18.3. The minimum absolute atomic E-state index is 0.171. The van der Waals surface area contributed by atoms with Crippen LogP contribution in [0.1, 0.15) is 341 Å². The van der Waals surface area contributed by atoms with Gasteiger partial charge in [0.25, 0.3) is 0 Å². The molecule has 460 valence electrons. The molecule has 1 aliphatic heterocycles. The molecule has 1 fully saturated rings. The summed E-state index contributed by atoms with van der Waals surface area (Å²) in [5.74, 6) is -0.171. The second-order valence-electron chi connectivity index (χ2n) is 24.0. The Balaban J connectivity index is 2.12. The first kappa shape index (κ1) is 74.4. The van der Waals surface area contributed by atoms with Crippen molar-refractivity contribution in [2.75, 3.05) is 13.2 Å². The lowest BCUT2D eigenvalue weighted by atomic mass is 9.99. The van der Waals surface area contributed by atoms with E-state index in [-0.39, 0.29) is 12.5 Å². The normalized spacial score (nSPS) is 18.8. The van der Waals surface area contributed by atoms with Crippen LogP contribution in [-0.2, 0) is 14.3 Å². The van der Waals surface area contributed by atoms with Gasteiger partial charge in [-0.1, -0.05) is 320 Å². The van der Waals surface area contributed by atoms with Crippen LogP contribution >= 0.6 is 0 Å². The average molecular weight is 1100 g/mol. The lowest BCUT2D eigenvalue weighted by Gasteiger charge is -2.40. The fourth-order valence-corrected chi connectivity index (χ4v) is 11.1. The molecule has 7 atom stereocenters. The molecule has 0 radical (unpaired) electrons. The number of amides is 1. The zero-order chi connectivity index (χ0) is 56.5. The monoisotopic (exact) mass is 1100 g/mol. The fourth-order valence-electron chi connectivity index (χ4n) is 11.1. The highest BCUT2D eigenvalue weighted by Crippen LogP contribution is 2.23. The van der Waals surface area contributed by atoms with Gasteiger partial charge >= 0.3 is 0 Å². The van der Waals surface area contributed by atoms with E-state index in [1.54, 1.807) is 6.08 Å². The first-order chi connectivity index (χ1) is 38.3. The van der Waals surface area contributed by atoms with Gasteiger partial charge in [0.2, 0.25) is 5.91 Å². The van der Waals surface area contributed by atoms with Crippen LogP contribution in [0.3, 0.4) is 0 Å². The molecule has 0 aliphatic carbocycles. The highest BCUT2D eigenvalue weighted by molar-refractivity contribution is 5.76. The van der Waals surface area contributed by atoms with Crippen LogP contribution in [0.5, 0.6) is 0 Å². The third-order valence-corrected chi connectivity index (χ3v) is 16.5. The van der Waals surface area contributed by atoms with Crippen molar-refractivity contribution in [3.8, 4) is 0 Å². The molecule has 0 aromatic rings. The van der Waals surface area contributed by atoms with Crippen LogP contribution < -0.4 is 5.32 Å². The number of aliphatic hydroxyl groups excluding tert-OH is 5. The summed E-state index contributed by atoms with van der Waals surface area (Å²) in [5, 5.41) is 54.7. The number of unbranched alkanes of at least 4 members (excludes halogenated alkanes) is 46. The van der Waals surface area contributed by atoms with Crippen LogP contribution in [0.2, 0.25) is 0 Å². The van der Waals surface area contributed by atoms with E-state index in [1.807, 2.05) is 6.08 Å². The minimum Gasteiger partial charge on any atom is -0.394 e. The SMILES string of the molecule is CCCCCCCCCCC/C=C\C/C=C\CCCCCCCCCCCCCCCCCCCC(=O)NC(COC1OC(CO)C(O)C(O)C1O)C(O)/C=C/CCCCCCCCCCCCCCCCCCCCCC. The van der Waals surface area contributed by atoms with E-state index in [4.69, 9.17) is 9.47 Å². The number of hydrogen-bond donors (Lipinski definition) is 6. The van der Waals surface area contributed by atoms with E-state index in [1.165, 1.54) is 276 Å². The molecule has 0 bridgehead atoms. The van der Waals surface area contributed by atoms with Crippen molar-refractivity contribution in [1.82, 2.24) is 5.32 Å². The van der Waals surface area contributed by atoms with E-state index in [9.17, 15) is 30.3 Å². The molecule has 6 N–H and O–H groups in total. The molecule has 1 amide bonds. The molecule has 1 saturated heterocycles. The Morgan fingerprint density at radius 1 is 0.436 bits per heavy atom. The number of aliphatic hydroxyl groups is 5. The second kappa shape index (κ2) is 58.6. The number of rotatable bonds is 60. The fraction of sp³-hybridized carbons (Fsp3) is 0.899. The van der Waals surface area contributed by atoms with E-state index in [2.05, 4.69) is 43.5 Å². The first-order valence-electron chi connectivity index (χ1n) is 34.2. The van der Waals surface area contributed by atoms with Crippen LogP contribution in [-0.4, -0.2) is 87.5 Å². The van der Waals surface area contributed by atoms with Crippen LogP contribution in [0, 0.1) is 0 Å². The van der Waals surface area contributed by atoms with Crippen LogP contribution in [0.4, 0.5) is 0 Å². The summed E-state index contributed by atoms with van der Waals surface area (Å²) in [5.41, 5.74) is 0. The standard InChI is InChI=1S/C69H131NO8/c1-3-5-7-9-11-13-15-17-19-21-23-25-27-28-29-30-31-32-33-34-35-36-37-39-41-43-45-47-49-51-53-55-57-59-65(73)70-62(61-77-69-68(76)67(75)66(74)64(60-71)78-69)63(72)58-56-54-52-50-48-46-44-42-40-38-26-24-22-20-18-16-14-12-10-8-6-4-2/h23,25,28-29,56,58,62-64,66-69,71-72,74-76H,3-22,24,26-27,30-55,57,59-61H2,1-2H3,(H,70,73)/b25-23-,29-28-,58-56+. The van der Waals surface area contributed by atoms with Gasteiger partial charge in [0.15, 0.2) is 6.29 Å². The molecule has 0 aromatic heterocycles. The van der Waals surface area contributed by atoms with Gasteiger partial charge in [0, 0.05) is 6.42 Å². The lowest BCUT2D eigenvalue weighted by Crippen LogP contribution is -2.60. The van der Waals surface area contributed by atoms with Gasteiger partial charge in [-0.2, -0.15) is 0 Å². The molecular weight excluding hydrogens is 971 g/mol. The van der Waals surface area contributed by atoms with Crippen molar-refractivity contribution in [3.63, 3.8) is 0 Å².